The molecule has 3 atom stereocenters. The monoisotopic (exact) mass is 266 g/mol. The lowest BCUT2D eigenvalue weighted by molar-refractivity contribution is -0.150. The minimum atomic E-state index is -0.304. The Morgan fingerprint density at radius 1 is 1.32 bits per heavy atom. The quantitative estimate of drug-likeness (QED) is 0.826. The number of amides is 2. The second-order valence-electron chi connectivity index (χ2n) is 6.65. The van der Waals surface area contributed by atoms with Crippen LogP contribution >= 0.6 is 0 Å². The highest BCUT2D eigenvalue weighted by Crippen LogP contribution is 2.52. The number of piperazine rings is 1. The Bertz CT molecular complexity index is 378. The van der Waals surface area contributed by atoms with Crippen LogP contribution < -0.4 is 5.32 Å². The molecule has 1 N–H and O–H groups in total. The highest BCUT2D eigenvalue weighted by molar-refractivity contribution is 5.96. The van der Waals surface area contributed by atoms with E-state index in [0.717, 1.165) is 25.8 Å². The summed E-state index contributed by atoms with van der Waals surface area (Å²) in [5, 5.41) is 2.88. The standard InChI is InChI=1S/C15H26N2O2/c1-5-7-11-14(19)17(9-10-8-15(10,3)4)12(6-2)13(18)16-11/h10-12H,5-9H2,1-4H3,(H,16,18). The van der Waals surface area contributed by atoms with Gasteiger partial charge in [-0.3, -0.25) is 9.59 Å². The number of hydrogen-bond acceptors (Lipinski definition) is 2. The molecule has 0 bridgehead atoms. The van der Waals surface area contributed by atoms with Crippen LogP contribution in [0.2, 0.25) is 0 Å². The van der Waals surface area contributed by atoms with Crippen molar-refractivity contribution >= 4 is 11.8 Å². The van der Waals surface area contributed by atoms with Crippen molar-refractivity contribution < 1.29 is 9.59 Å². The SMILES string of the molecule is CCCC1NC(=O)C(CC)N(CC2CC2(C)C)C1=O. The number of carbonyl (C=O) groups is 2. The second-order valence-corrected chi connectivity index (χ2v) is 6.65. The number of carbonyl (C=O) groups excluding carboxylic acids is 2. The molecule has 1 heterocycles. The first-order valence-electron chi connectivity index (χ1n) is 7.51. The van der Waals surface area contributed by atoms with Crippen molar-refractivity contribution in [3.05, 3.63) is 0 Å². The van der Waals surface area contributed by atoms with Gasteiger partial charge < -0.3 is 10.2 Å². The number of rotatable bonds is 5. The Morgan fingerprint density at radius 3 is 2.42 bits per heavy atom. The Labute approximate surface area is 115 Å². The molecule has 0 aromatic rings. The smallest absolute Gasteiger partial charge is 0.245 e. The molecule has 2 amide bonds. The topological polar surface area (TPSA) is 49.4 Å². The fraction of sp³-hybridized carbons (Fsp3) is 0.867. The van der Waals surface area contributed by atoms with Gasteiger partial charge in [0, 0.05) is 6.54 Å². The molecule has 0 radical (unpaired) electrons. The first-order valence-corrected chi connectivity index (χ1v) is 7.51. The summed E-state index contributed by atoms with van der Waals surface area (Å²) in [6, 6.07) is -0.570. The Kier molecular flexibility index (Phi) is 3.88. The molecule has 0 aromatic heterocycles. The van der Waals surface area contributed by atoms with Gasteiger partial charge in [0.05, 0.1) is 0 Å². The van der Waals surface area contributed by atoms with Crippen LogP contribution in [-0.4, -0.2) is 35.3 Å². The molecule has 1 aliphatic carbocycles. The molecular weight excluding hydrogens is 240 g/mol. The summed E-state index contributed by atoms with van der Waals surface area (Å²) in [5.41, 5.74) is 0.340. The molecular formula is C15H26N2O2. The fourth-order valence-electron chi connectivity index (χ4n) is 3.06. The first kappa shape index (κ1) is 14.4. The zero-order valence-corrected chi connectivity index (χ0v) is 12.5. The van der Waals surface area contributed by atoms with E-state index in [4.69, 9.17) is 0 Å². The van der Waals surface area contributed by atoms with Crippen LogP contribution in [0.15, 0.2) is 0 Å². The van der Waals surface area contributed by atoms with Crippen molar-refractivity contribution in [2.24, 2.45) is 11.3 Å². The summed E-state index contributed by atoms with van der Waals surface area (Å²) in [5.74, 6) is 0.702. The van der Waals surface area contributed by atoms with Crippen molar-refractivity contribution in [2.75, 3.05) is 6.54 Å². The van der Waals surface area contributed by atoms with Crippen molar-refractivity contribution in [1.29, 1.82) is 0 Å². The van der Waals surface area contributed by atoms with E-state index in [-0.39, 0.29) is 23.9 Å². The zero-order valence-electron chi connectivity index (χ0n) is 12.5. The van der Waals surface area contributed by atoms with Crippen LogP contribution in [0.3, 0.4) is 0 Å². The molecule has 4 heteroatoms. The molecule has 108 valence electrons. The summed E-state index contributed by atoms with van der Waals surface area (Å²) in [4.78, 5) is 26.5. The van der Waals surface area contributed by atoms with E-state index < -0.39 is 0 Å². The summed E-state index contributed by atoms with van der Waals surface area (Å²) in [7, 11) is 0. The van der Waals surface area contributed by atoms with E-state index in [1.807, 2.05) is 18.7 Å². The average Bonchev–Trinajstić information content (AvgIpc) is 2.93. The van der Waals surface area contributed by atoms with Gasteiger partial charge in [-0.1, -0.05) is 34.1 Å². The lowest BCUT2D eigenvalue weighted by Gasteiger charge is -2.39. The summed E-state index contributed by atoms with van der Waals surface area (Å²) in [6.07, 6.45) is 3.51. The van der Waals surface area contributed by atoms with Gasteiger partial charge in [-0.15, -0.1) is 0 Å². The van der Waals surface area contributed by atoms with Crippen LogP contribution in [0.1, 0.15) is 53.4 Å². The maximum Gasteiger partial charge on any atom is 0.245 e. The number of nitrogens with one attached hydrogen (secondary N) is 1. The molecule has 0 aromatic carbocycles. The molecule has 1 aliphatic heterocycles. The fourth-order valence-corrected chi connectivity index (χ4v) is 3.06. The summed E-state index contributed by atoms with van der Waals surface area (Å²) in [6.45, 7) is 9.23. The Hall–Kier alpha value is -1.06. The maximum atomic E-state index is 12.5. The molecule has 3 unspecified atom stereocenters. The third kappa shape index (κ3) is 2.77. The minimum Gasteiger partial charge on any atom is -0.343 e. The predicted molar refractivity (Wildman–Crippen MR) is 74.5 cm³/mol. The van der Waals surface area contributed by atoms with Crippen molar-refractivity contribution in [3.8, 4) is 0 Å². The normalized spacial score (nSPS) is 33.3. The Morgan fingerprint density at radius 2 is 1.95 bits per heavy atom. The van der Waals surface area contributed by atoms with Crippen LogP contribution in [0, 0.1) is 11.3 Å². The van der Waals surface area contributed by atoms with Crippen molar-refractivity contribution in [2.45, 2.75) is 65.5 Å². The van der Waals surface area contributed by atoms with Crippen molar-refractivity contribution in [3.63, 3.8) is 0 Å². The maximum absolute atomic E-state index is 12.5. The molecule has 19 heavy (non-hydrogen) atoms. The highest BCUT2D eigenvalue weighted by Gasteiger charge is 2.49. The molecule has 2 aliphatic rings. The predicted octanol–water partition coefficient (Wildman–Crippen LogP) is 1.94. The molecule has 4 nitrogen and oxygen atoms in total. The third-order valence-corrected chi connectivity index (χ3v) is 4.68. The Balaban J connectivity index is 2.10. The van der Waals surface area contributed by atoms with Gasteiger partial charge in [0.1, 0.15) is 12.1 Å². The van der Waals surface area contributed by atoms with Crippen LogP contribution in [0.4, 0.5) is 0 Å². The first-order chi connectivity index (χ1) is 8.90. The van der Waals surface area contributed by atoms with Gasteiger partial charge >= 0.3 is 0 Å². The summed E-state index contributed by atoms with van der Waals surface area (Å²) < 4.78 is 0. The molecule has 1 saturated heterocycles. The van der Waals surface area contributed by atoms with E-state index in [9.17, 15) is 9.59 Å². The van der Waals surface area contributed by atoms with E-state index in [0.29, 0.717) is 17.8 Å². The van der Waals surface area contributed by atoms with E-state index in [2.05, 4.69) is 19.2 Å². The lowest BCUT2D eigenvalue weighted by atomic mass is 10.0. The van der Waals surface area contributed by atoms with Crippen LogP contribution in [-0.2, 0) is 9.59 Å². The minimum absolute atomic E-state index is 0.0269. The third-order valence-electron chi connectivity index (χ3n) is 4.68. The number of nitrogens with zero attached hydrogens (tertiary/aromatic N) is 1. The van der Waals surface area contributed by atoms with E-state index in [1.165, 1.54) is 0 Å². The van der Waals surface area contributed by atoms with Gasteiger partial charge in [0.2, 0.25) is 11.8 Å². The molecule has 2 rings (SSSR count). The van der Waals surface area contributed by atoms with Crippen LogP contribution in [0.5, 0.6) is 0 Å². The van der Waals surface area contributed by atoms with Gasteiger partial charge in [-0.2, -0.15) is 0 Å². The zero-order chi connectivity index (χ0) is 14.2. The van der Waals surface area contributed by atoms with Gasteiger partial charge in [0.15, 0.2) is 0 Å². The lowest BCUT2D eigenvalue weighted by Crippen LogP contribution is -2.63. The largest absolute Gasteiger partial charge is 0.343 e. The van der Waals surface area contributed by atoms with E-state index in [1.54, 1.807) is 0 Å². The van der Waals surface area contributed by atoms with Crippen LogP contribution in [0.25, 0.3) is 0 Å². The highest BCUT2D eigenvalue weighted by atomic mass is 16.2. The molecule has 2 fully saturated rings. The number of hydrogen-bond donors (Lipinski definition) is 1. The molecule has 0 spiro atoms. The second kappa shape index (κ2) is 5.14. The average molecular weight is 266 g/mol. The van der Waals surface area contributed by atoms with Crippen molar-refractivity contribution in [1.82, 2.24) is 10.2 Å². The van der Waals surface area contributed by atoms with Gasteiger partial charge in [-0.05, 0) is 30.6 Å². The van der Waals surface area contributed by atoms with Gasteiger partial charge in [-0.25, -0.2) is 0 Å². The summed E-state index contributed by atoms with van der Waals surface area (Å²) >= 11 is 0. The molecule has 1 saturated carbocycles. The van der Waals surface area contributed by atoms with E-state index >= 15 is 0 Å². The van der Waals surface area contributed by atoms with Gasteiger partial charge in [0.25, 0.3) is 0 Å².